The van der Waals surface area contributed by atoms with Crippen LogP contribution in [-0.2, 0) is 11.3 Å². The lowest BCUT2D eigenvalue weighted by Crippen LogP contribution is -3.11. The number of nitrogens with one attached hydrogen (secondary N) is 2. The normalized spacial score (nSPS) is 12.6. The van der Waals surface area contributed by atoms with E-state index < -0.39 is 0 Å². The monoisotopic (exact) mass is 321 g/mol. The number of amides is 1. The van der Waals surface area contributed by atoms with Gasteiger partial charge in [0.25, 0.3) is 5.91 Å². The number of likely N-dealkylation sites (N-methyl/N-ethyl adjacent to an activating group) is 1. The summed E-state index contributed by atoms with van der Waals surface area (Å²) in [4.78, 5) is 24.8. The predicted octanol–water partition coefficient (Wildman–Crippen LogP) is 1.22. The summed E-state index contributed by atoms with van der Waals surface area (Å²) in [6.45, 7) is 11.3. The van der Waals surface area contributed by atoms with Crippen molar-refractivity contribution in [2.24, 2.45) is 0 Å². The summed E-state index contributed by atoms with van der Waals surface area (Å²) in [5, 5.41) is 2.98. The minimum Gasteiger partial charge on any atom is -0.496 e. The van der Waals surface area contributed by atoms with Crippen LogP contribution >= 0.6 is 0 Å². The summed E-state index contributed by atoms with van der Waals surface area (Å²) in [5.41, 5.74) is 1.37. The molecule has 1 unspecified atom stereocenters. The van der Waals surface area contributed by atoms with Gasteiger partial charge >= 0.3 is 0 Å². The molecule has 1 amide bonds. The van der Waals surface area contributed by atoms with Crippen LogP contribution in [0.4, 0.5) is 0 Å². The molecule has 1 atom stereocenters. The van der Waals surface area contributed by atoms with Crippen molar-refractivity contribution in [3.05, 3.63) is 29.3 Å². The van der Waals surface area contributed by atoms with Gasteiger partial charge in [0.1, 0.15) is 12.3 Å². The van der Waals surface area contributed by atoms with Gasteiger partial charge in [-0.3, -0.25) is 9.59 Å². The van der Waals surface area contributed by atoms with E-state index in [1.54, 1.807) is 20.1 Å². The Morgan fingerprint density at radius 3 is 2.39 bits per heavy atom. The van der Waals surface area contributed by atoms with Crippen molar-refractivity contribution >= 4 is 11.7 Å². The number of benzene rings is 1. The zero-order valence-corrected chi connectivity index (χ0v) is 15.1. The highest BCUT2D eigenvalue weighted by Gasteiger charge is 2.20. The number of methoxy groups -OCH3 is 1. The first-order valence-electron chi connectivity index (χ1n) is 7.98. The lowest BCUT2D eigenvalue weighted by atomic mass is 10.1. The topological polar surface area (TPSA) is 59.8 Å². The fourth-order valence-corrected chi connectivity index (χ4v) is 2.41. The molecule has 0 spiro atoms. The van der Waals surface area contributed by atoms with Gasteiger partial charge in [-0.15, -0.1) is 0 Å². The third-order valence-electron chi connectivity index (χ3n) is 3.55. The Hall–Kier alpha value is -1.88. The number of Topliss-reactive ketones (excluding diaryl/α,β-unsaturated/α-hetero) is 1. The maximum atomic E-state index is 12.1. The second-order valence-electron chi connectivity index (χ2n) is 6.84. The molecule has 0 bridgehead atoms. The first-order valence-corrected chi connectivity index (χ1v) is 7.98. The van der Waals surface area contributed by atoms with E-state index in [1.165, 1.54) is 0 Å². The molecule has 0 aromatic heterocycles. The SMILES string of the molecule is CC[NH+](CC(=O)NC(C)(C)C)Cc1cc(C(C)=O)ccc1OC. The van der Waals surface area contributed by atoms with Crippen LogP contribution in [0.2, 0.25) is 0 Å². The molecule has 0 fully saturated rings. The number of quaternary nitrogens is 1. The zero-order valence-electron chi connectivity index (χ0n) is 15.1. The van der Waals surface area contributed by atoms with E-state index in [1.807, 2.05) is 39.8 Å². The Balaban J connectivity index is 2.87. The van der Waals surface area contributed by atoms with Gasteiger partial charge in [0.05, 0.1) is 13.7 Å². The van der Waals surface area contributed by atoms with Gasteiger partial charge in [-0.25, -0.2) is 0 Å². The first kappa shape index (κ1) is 19.2. The van der Waals surface area contributed by atoms with Crippen molar-refractivity contribution in [3.8, 4) is 5.75 Å². The quantitative estimate of drug-likeness (QED) is 0.742. The lowest BCUT2D eigenvalue weighted by Gasteiger charge is -2.23. The van der Waals surface area contributed by atoms with E-state index in [9.17, 15) is 9.59 Å². The average Bonchev–Trinajstić information content (AvgIpc) is 2.44. The molecule has 1 rings (SSSR count). The van der Waals surface area contributed by atoms with Gasteiger partial charge in [-0.2, -0.15) is 0 Å². The number of hydrogen-bond acceptors (Lipinski definition) is 3. The van der Waals surface area contributed by atoms with Gasteiger partial charge in [-0.05, 0) is 52.8 Å². The van der Waals surface area contributed by atoms with Crippen molar-refractivity contribution in [1.29, 1.82) is 0 Å². The summed E-state index contributed by atoms with van der Waals surface area (Å²) in [6, 6.07) is 5.44. The molecule has 0 aliphatic heterocycles. The third kappa shape index (κ3) is 6.40. The smallest absolute Gasteiger partial charge is 0.275 e. The van der Waals surface area contributed by atoms with Crippen LogP contribution in [0.1, 0.15) is 50.5 Å². The molecule has 0 saturated carbocycles. The van der Waals surface area contributed by atoms with Crippen LogP contribution in [0.15, 0.2) is 18.2 Å². The molecule has 0 aliphatic rings. The van der Waals surface area contributed by atoms with E-state index in [0.29, 0.717) is 18.7 Å². The Bertz CT molecular complexity index is 562. The zero-order chi connectivity index (χ0) is 17.6. The molecule has 0 heterocycles. The van der Waals surface area contributed by atoms with Crippen LogP contribution in [0.5, 0.6) is 5.75 Å². The number of carbonyl (C=O) groups excluding carboxylic acids is 2. The molecule has 1 aromatic carbocycles. The highest BCUT2D eigenvalue weighted by atomic mass is 16.5. The Morgan fingerprint density at radius 2 is 1.91 bits per heavy atom. The maximum Gasteiger partial charge on any atom is 0.275 e. The molecule has 23 heavy (non-hydrogen) atoms. The van der Waals surface area contributed by atoms with Crippen molar-refractivity contribution < 1.29 is 19.2 Å². The van der Waals surface area contributed by atoms with Crippen LogP contribution in [-0.4, -0.2) is 37.4 Å². The van der Waals surface area contributed by atoms with Crippen molar-refractivity contribution in [2.45, 2.75) is 46.7 Å². The van der Waals surface area contributed by atoms with Gasteiger partial charge in [0, 0.05) is 16.7 Å². The van der Waals surface area contributed by atoms with Gasteiger partial charge in [-0.1, -0.05) is 0 Å². The predicted molar refractivity (Wildman–Crippen MR) is 91.0 cm³/mol. The first-order chi connectivity index (χ1) is 10.7. The van der Waals surface area contributed by atoms with E-state index >= 15 is 0 Å². The lowest BCUT2D eigenvalue weighted by molar-refractivity contribution is -0.904. The number of rotatable bonds is 7. The summed E-state index contributed by atoms with van der Waals surface area (Å²) in [6.07, 6.45) is 0. The number of ether oxygens (including phenoxy) is 1. The van der Waals surface area contributed by atoms with Crippen molar-refractivity contribution in [2.75, 3.05) is 20.2 Å². The Morgan fingerprint density at radius 1 is 1.26 bits per heavy atom. The second-order valence-corrected chi connectivity index (χ2v) is 6.84. The summed E-state index contributed by atoms with van der Waals surface area (Å²) in [7, 11) is 1.62. The minimum atomic E-state index is -0.234. The van der Waals surface area contributed by atoms with E-state index in [-0.39, 0.29) is 17.2 Å². The highest BCUT2D eigenvalue weighted by molar-refractivity contribution is 5.94. The number of hydrogen-bond donors (Lipinski definition) is 2. The van der Waals surface area contributed by atoms with Crippen LogP contribution in [0.25, 0.3) is 0 Å². The Kier molecular flexibility index (Phi) is 6.76. The van der Waals surface area contributed by atoms with E-state index in [2.05, 4.69) is 5.32 Å². The molecule has 1 aromatic rings. The van der Waals surface area contributed by atoms with Gasteiger partial charge < -0.3 is 15.0 Å². The molecular formula is C18H29N2O3+. The van der Waals surface area contributed by atoms with Crippen molar-refractivity contribution in [3.63, 3.8) is 0 Å². The number of ketones is 1. The summed E-state index contributed by atoms with van der Waals surface area (Å²) < 4.78 is 5.39. The average molecular weight is 321 g/mol. The van der Waals surface area contributed by atoms with Crippen LogP contribution in [0.3, 0.4) is 0 Å². The van der Waals surface area contributed by atoms with Crippen LogP contribution in [0, 0.1) is 0 Å². The highest BCUT2D eigenvalue weighted by Crippen LogP contribution is 2.19. The minimum absolute atomic E-state index is 0.0241. The van der Waals surface area contributed by atoms with Gasteiger partial charge in [0.15, 0.2) is 12.3 Å². The Labute approximate surface area is 139 Å². The molecule has 5 heteroatoms. The molecule has 2 N–H and O–H groups in total. The third-order valence-corrected chi connectivity index (χ3v) is 3.55. The number of carbonyl (C=O) groups is 2. The standard InChI is InChI=1S/C18H28N2O3/c1-7-20(12-17(22)19-18(3,4)5)11-15-10-14(13(2)21)8-9-16(15)23-6/h8-10H,7,11-12H2,1-6H3,(H,19,22)/p+1. The molecule has 0 saturated heterocycles. The summed E-state index contributed by atoms with van der Waals surface area (Å²) >= 11 is 0. The van der Waals surface area contributed by atoms with E-state index in [0.717, 1.165) is 22.8 Å². The van der Waals surface area contributed by atoms with Gasteiger partial charge in [0.2, 0.25) is 0 Å². The fraction of sp³-hybridized carbons (Fsp3) is 0.556. The molecule has 0 radical (unpaired) electrons. The largest absolute Gasteiger partial charge is 0.496 e. The van der Waals surface area contributed by atoms with E-state index in [4.69, 9.17) is 4.74 Å². The molecule has 5 nitrogen and oxygen atoms in total. The van der Waals surface area contributed by atoms with Crippen LogP contribution < -0.4 is 15.0 Å². The van der Waals surface area contributed by atoms with Crippen molar-refractivity contribution in [1.82, 2.24) is 5.32 Å². The summed E-state index contributed by atoms with van der Waals surface area (Å²) in [5.74, 6) is 0.797. The molecule has 0 aliphatic carbocycles. The molecular weight excluding hydrogens is 292 g/mol. The fourth-order valence-electron chi connectivity index (χ4n) is 2.41. The maximum absolute atomic E-state index is 12.1. The molecule has 128 valence electrons. The second kappa shape index (κ2) is 8.11.